The Morgan fingerprint density at radius 1 is 1.00 bits per heavy atom. The minimum atomic E-state index is -0.199. The van der Waals surface area contributed by atoms with Crippen LogP contribution in [0.15, 0.2) is 54.6 Å². The molecule has 0 fully saturated rings. The van der Waals surface area contributed by atoms with Gasteiger partial charge in [-0.2, -0.15) is 0 Å². The maximum atomic E-state index is 11.8. The van der Waals surface area contributed by atoms with E-state index in [1.807, 2.05) is 30.3 Å². The summed E-state index contributed by atoms with van der Waals surface area (Å²) in [5.41, 5.74) is 3.78. The maximum Gasteiger partial charge on any atom is 0.320 e. The summed E-state index contributed by atoms with van der Waals surface area (Å²) in [7, 11) is 0. The Labute approximate surface area is 124 Å². The molecule has 0 unspecified atom stereocenters. The molecule has 2 aromatic rings. The number of carbonyl (C=O) groups is 1. The van der Waals surface area contributed by atoms with Gasteiger partial charge in [-0.25, -0.2) is 0 Å². The lowest BCUT2D eigenvalue weighted by Gasteiger charge is -2.11. The molecule has 0 radical (unpaired) electrons. The predicted molar refractivity (Wildman–Crippen MR) is 81.9 cm³/mol. The number of benzene rings is 2. The minimum absolute atomic E-state index is 0.199. The van der Waals surface area contributed by atoms with Crippen molar-refractivity contribution in [2.24, 2.45) is 0 Å². The number of hydrogen-bond acceptors (Lipinski definition) is 3. The molecule has 0 heterocycles. The van der Waals surface area contributed by atoms with Crippen molar-refractivity contribution in [3.8, 4) is 0 Å². The normalized spacial score (nSPS) is 13.9. The van der Waals surface area contributed by atoms with Crippen LogP contribution in [0.25, 0.3) is 0 Å². The summed E-state index contributed by atoms with van der Waals surface area (Å²) in [6, 6.07) is 18.5. The van der Waals surface area contributed by atoms with Crippen LogP contribution < -0.4 is 5.32 Å². The molecule has 0 bridgehead atoms. The third-order valence-electron chi connectivity index (χ3n) is 3.83. The Bertz CT molecular complexity index is 585. The molecule has 1 aliphatic carbocycles. The number of fused-ring (bicyclic) bond motifs is 1. The smallest absolute Gasteiger partial charge is 0.320 e. The molecule has 1 N–H and O–H groups in total. The van der Waals surface area contributed by atoms with Crippen molar-refractivity contribution in [3.63, 3.8) is 0 Å². The van der Waals surface area contributed by atoms with Crippen LogP contribution in [0.1, 0.15) is 16.7 Å². The number of rotatable bonds is 5. The first-order valence-electron chi connectivity index (χ1n) is 7.31. The van der Waals surface area contributed by atoms with Gasteiger partial charge < -0.3 is 10.1 Å². The molecule has 0 atom stereocenters. The Hall–Kier alpha value is -2.13. The van der Waals surface area contributed by atoms with Gasteiger partial charge in [-0.15, -0.1) is 0 Å². The van der Waals surface area contributed by atoms with Gasteiger partial charge in [-0.1, -0.05) is 54.6 Å². The number of ether oxygens (including phenoxy) is 1. The second-order valence-electron chi connectivity index (χ2n) is 5.40. The molecule has 3 heteroatoms. The standard InChI is InChI=1S/C18H19NO2/c20-18(21-13-14-6-2-1-3-7-14)12-19-17-10-15-8-4-5-9-16(15)11-17/h1-9,17,19H,10-13H2. The summed E-state index contributed by atoms with van der Waals surface area (Å²) >= 11 is 0. The highest BCUT2D eigenvalue weighted by atomic mass is 16.5. The van der Waals surface area contributed by atoms with Crippen molar-refractivity contribution in [3.05, 3.63) is 71.3 Å². The SMILES string of the molecule is O=C(CNC1Cc2ccccc2C1)OCc1ccccc1. The van der Waals surface area contributed by atoms with E-state index in [0.29, 0.717) is 12.6 Å². The van der Waals surface area contributed by atoms with Gasteiger partial charge >= 0.3 is 5.97 Å². The van der Waals surface area contributed by atoms with Crippen LogP contribution in [0.3, 0.4) is 0 Å². The largest absolute Gasteiger partial charge is 0.460 e. The number of nitrogens with one attached hydrogen (secondary N) is 1. The molecule has 0 aromatic heterocycles. The second kappa shape index (κ2) is 6.55. The van der Waals surface area contributed by atoms with E-state index in [0.717, 1.165) is 18.4 Å². The van der Waals surface area contributed by atoms with E-state index in [1.165, 1.54) is 11.1 Å². The maximum absolute atomic E-state index is 11.8. The molecule has 1 aliphatic rings. The fourth-order valence-corrected chi connectivity index (χ4v) is 2.72. The first-order valence-corrected chi connectivity index (χ1v) is 7.31. The summed E-state index contributed by atoms with van der Waals surface area (Å²) in [4.78, 5) is 11.8. The van der Waals surface area contributed by atoms with Gasteiger partial charge in [0.15, 0.2) is 0 Å². The van der Waals surface area contributed by atoms with Crippen LogP contribution in [0.2, 0.25) is 0 Å². The summed E-state index contributed by atoms with van der Waals surface area (Å²) in [5.74, 6) is -0.199. The number of carbonyl (C=O) groups excluding carboxylic acids is 1. The van der Waals surface area contributed by atoms with Crippen LogP contribution in [-0.2, 0) is 29.0 Å². The Balaban J connectivity index is 1.41. The molecule has 0 saturated heterocycles. The zero-order valence-electron chi connectivity index (χ0n) is 11.9. The van der Waals surface area contributed by atoms with E-state index in [1.54, 1.807) is 0 Å². The van der Waals surface area contributed by atoms with E-state index in [9.17, 15) is 4.79 Å². The van der Waals surface area contributed by atoms with Gasteiger partial charge in [-0.05, 0) is 29.5 Å². The highest BCUT2D eigenvalue weighted by Crippen LogP contribution is 2.21. The minimum Gasteiger partial charge on any atom is -0.460 e. The lowest BCUT2D eigenvalue weighted by Crippen LogP contribution is -2.34. The number of esters is 1. The molecule has 3 nitrogen and oxygen atoms in total. The van der Waals surface area contributed by atoms with Crippen LogP contribution >= 0.6 is 0 Å². The topological polar surface area (TPSA) is 38.3 Å². The molecular weight excluding hydrogens is 262 g/mol. The first-order chi connectivity index (χ1) is 10.3. The quantitative estimate of drug-likeness (QED) is 0.856. The molecule has 3 rings (SSSR count). The lowest BCUT2D eigenvalue weighted by molar-refractivity contribution is -0.144. The molecule has 0 amide bonds. The van der Waals surface area contributed by atoms with E-state index < -0.39 is 0 Å². The summed E-state index contributed by atoms with van der Waals surface area (Å²) in [6.45, 7) is 0.609. The van der Waals surface area contributed by atoms with Gasteiger partial charge in [-0.3, -0.25) is 4.79 Å². The highest BCUT2D eigenvalue weighted by Gasteiger charge is 2.21. The van der Waals surface area contributed by atoms with E-state index in [-0.39, 0.29) is 12.5 Å². The van der Waals surface area contributed by atoms with Gasteiger partial charge in [0.05, 0.1) is 6.54 Å². The fraction of sp³-hybridized carbons (Fsp3) is 0.278. The zero-order valence-corrected chi connectivity index (χ0v) is 11.9. The molecule has 0 spiro atoms. The predicted octanol–water partition coefficient (Wildman–Crippen LogP) is 2.49. The first kappa shape index (κ1) is 13.8. The molecule has 0 aliphatic heterocycles. The van der Waals surface area contributed by atoms with Gasteiger partial charge in [0, 0.05) is 6.04 Å². The van der Waals surface area contributed by atoms with Crippen LogP contribution in [-0.4, -0.2) is 18.6 Å². The molecular formula is C18H19NO2. The van der Waals surface area contributed by atoms with Crippen molar-refractivity contribution < 1.29 is 9.53 Å². The summed E-state index contributed by atoms with van der Waals surface area (Å²) < 4.78 is 5.26. The third kappa shape index (κ3) is 3.70. The molecule has 21 heavy (non-hydrogen) atoms. The van der Waals surface area contributed by atoms with Crippen molar-refractivity contribution in [1.82, 2.24) is 5.32 Å². The van der Waals surface area contributed by atoms with Crippen LogP contribution in [0.4, 0.5) is 0 Å². The van der Waals surface area contributed by atoms with Crippen LogP contribution in [0.5, 0.6) is 0 Å². The highest BCUT2D eigenvalue weighted by molar-refractivity contribution is 5.71. The Morgan fingerprint density at radius 2 is 1.62 bits per heavy atom. The van der Waals surface area contributed by atoms with Gasteiger partial charge in [0.2, 0.25) is 0 Å². The molecule has 2 aromatic carbocycles. The average molecular weight is 281 g/mol. The average Bonchev–Trinajstić information content (AvgIpc) is 2.95. The monoisotopic (exact) mass is 281 g/mol. The fourth-order valence-electron chi connectivity index (χ4n) is 2.72. The van der Waals surface area contributed by atoms with Crippen molar-refractivity contribution in [2.75, 3.05) is 6.54 Å². The van der Waals surface area contributed by atoms with Gasteiger partial charge in [0.1, 0.15) is 6.61 Å². The van der Waals surface area contributed by atoms with E-state index in [4.69, 9.17) is 4.74 Å². The van der Waals surface area contributed by atoms with E-state index in [2.05, 4.69) is 29.6 Å². The van der Waals surface area contributed by atoms with Gasteiger partial charge in [0.25, 0.3) is 0 Å². The zero-order chi connectivity index (χ0) is 14.5. The Morgan fingerprint density at radius 3 is 2.29 bits per heavy atom. The van der Waals surface area contributed by atoms with Crippen LogP contribution in [0, 0.1) is 0 Å². The molecule has 108 valence electrons. The van der Waals surface area contributed by atoms with Crippen molar-refractivity contribution in [1.29, 1.82) is 0 Å². The third-order valence-corrected chi connectivity index (χ3v) is 3.83. The summed E-state index contributed by atoms with van der Waals surface area (Å²) in [5, 5.41) is 3.29. The second-order valence-corrected chi connectivity index (χ2v) is 5.40. The van der Waals surface area contributed by atoms with E-state index >= 15 is 0 Å². The number of hydrogen-bond donors (Lipinski definition) is 1. The molecule has 0 saturated carbocycles. The summed E-state index contributed by atoms with van der Waals surface area (Å²) in [6.07, 6.45) is 1.98. The lowest BCUT2D eigenvalue weighted by atomic mass is 10.1. The van der Waals surface area contributed by atoms with Crippen molar-refractivity contribution in [2.45, 2.75) is 25.5 Å². The Kier molecular flexibility index (Phi) is 4.31. The van der Waals surface area contributed by atoms with Crippen molar-refractivity contribution >= 4 is 5.97 Å².